The Balaban J connectivity index is 1.28. The average molecular weight is 426 g/mol. The molecule has 0 spiro atoms. The maximum Gasteiger partial charge on any atom is 0.227 e. The second-order valence-electron chi connectivity index (χ2n) is 7.55. The minimum atomic E-state index is 0.124. The molecule has 3 aromatic rings. The molecule has 7 heteroatoms. The highest BCUT2D eigenvalue weighted by atomic mass is 35.5. The normalized spacial score (nSPS) is 14.7. The van der Waals surface area contributed by atoms with E-state index in [0.717, 1.165) is 43.5 Å². The summed E-state index contributed by atoms with van der Waals surface area (Å²) < 4.78 is 10.6. The highest BCUT2D eigenvalue weighted by Gasteiger charge is 2.25. The third-order valence-electron chi connectivity index (χ3n) is 5.50. The van der Waals surface area contributed by atoms with E-state index in [1.165, 1.54) is 0 Å². The molecule has 0 aliphatic carbocycles. The van der Waals surface area contributed by atoms with Gasteiger partial charge in [0.15, 0.2) is 0 Å². The number of hydrogen-bond acceptors (Lipinski definition) is 5. The van der Waals surface area contributed by atoms with Crippen molar-refractivity contribution in [1.82, 2.24) is 15.0 Å². The number of carbonyl (C=O) groups is 1. The first-order valence-electron chi connectivity index (χ1n) is 10.1. The van der Waals surface area contributed by atoms with Crippen LogP contribution in [0.5, 0.6) is 5.75 Å². The summed E-state index contributed by atoms with van der Waals surface area (Å²) >= 11 is 6.17. The lowest BCUT2D eigenvalue weighted by molar-refractivity contribution is -0.131. The van der Waals surface area contributed by atoms with Crippen molar-refractivity contribution in [2.45, 2.75) is 25.7 Å². The number of piperidine rings is 1. The van der Waals surface area contributed by atoms with Gasteiger partial charge in [-0.05, 0) is 36.5 Å². The average Bonchev–Trinajstić information content (AvgIpc) is 3.23. The number of aromatic nitrogens is 2. The summed E-state index contributed by atoms with van der Waals surface area (Å²) in [7, 11) is 1.58. The van der Waals surface area contributed by atoms with Crippen molar-refractivity contribution in [1.29, 1.82) is 0 Å². The lowest BCUT2D eigenvalue weighted by Crippen LogP contribution is -2.39. The van der Waals surface area contributed by atoms with Gasteiger partial charge in [0.25, 0.3) is 0 Å². The van der Waals surface area contributed by atoms with Gasteiger partial charge < -0.3 is 14.2 Å². The van der Waals surface area contributed by atoms with E-state index in [1.807, 2.05) is 41.3 Å². The van der Waals surface area contributed by atoms with E-state index < -0.39 is 0 Å². The number of benzene rings is 2. The number of carbonyl (C=O) groups excluding carboxylic acids is 1. The van der Waals surface area contributed by atoms with E-state index in [2.05, 4.69) is 10.1 Å². The van der Waals surface area contributed by atoms with Gasteiger partial charge in [0.05, 0.1) is 18.6 Å². The molecule has 0 atom stereocenters. The van der Waals surface area contributed by atoms with E-state index in [1.54, 1.807) is 19.2 Å². The van der Waals surface area contributed by atoms with Gasteiger partial charge in [-0.2, -0.15) is 4.98 Å². The van der Waals surface area contributed by atoms with Crippen LogP contribution in [0.3, 0.4) is 0 Å². The highest BCUT2D eigenvalue weighted by molar-refractivity contribution is 6.32. The van der Waals surface area contributed by atoms with Crippen LogP contribution in [-0.4, -0.2) is 41.1 Å². The van der Waals surface area contributed by atoms with Crippen LogP contribution in [0.25, 0.3) is 11.4 Å². The minimum absolute atomic E-state index is 0.124. The summed E-state index contributed by atoms with van der Waals surface area (Å²) in [5, 5.41) is 4.62. The molecule has 0 saturated carbocycles. The number of nitrogens with zero attached hydrogens (tertiary/aromatic N) is 3. The van der Waals surface area contributed by atoms with Crippen LogP contribution < -0.4 is 4.74 Å². The molecular formula is C23H24ClN3O3. The summed E-state index contributed by atoms with van der Waals surface area (Å²) in [4.78, 5) is 19.1. The number of amides is 1. The van der Waals surface area contributed by atoms with Gasteiger partial charge in [-0.15, -0.1) is 0 Å². The smallest absolute Gasteiger partial charge is 0.227 e. The molecule has 30 heavy (non-hydrogen) atoms. The Morgan fingerprint density at radius 3 is 2.67 bits per heavy atom. The molecule has 6 nitrogen and oxygen atoms in total. The molecular weight excluding hydrogens is 402 g/mol. The molecule has 2 heterocycles. The standard InChI is InChI=1S/C23H24ClN3O3/c1-29-20-8-7-17(13-19(20)24)15-22(28)27-11-9-16(10-12-27)14-21-25-23(26-30-21)18-5-3-2-4-6-18/h2-8,13,16H,9-12,14-15H2,1H3. The van der Waals surface area contributed by atoms with Gasteiger partial charge in [0.1, 0.15) is 5.75 Å². The second-order valence-corrected chi connectivity index (χ2v) is 7.96. The fraction of sp³-hybridized carbons (Fsp3) is 0.348. The number of halogens is 1. The molecule has 156 valence electrons. The molecule has 1 aromatic heterocycles. The lowest BCUT2D eigenvalue weighted by atomic mass is 9.93. The minimum Gasteiger partial charge on any atom is -0.495 e. The van der Waals surface area contributed by atoms with Crippen LogP contribution in [0, 0.1) is 5.92 Å². The molecule has 1 aliphatic heterocycles. The van der Waals surface area contributed by atoms with Gasteiger partial charge in [0, 0.05) is 25.1 Å². The van der Waals surface area contributed by atoms with Gasteiger partial charge in [-0.1, -0.05) is 53.2 Å². The van der Waals surface area contributed by atoms with Gasteiger partial charge >= 0.3 is 0 Å². The number of methoxy groups -OCH3 is 1. The Kier molecular flexibility index (Phi) is 6.33. The number of hydrogen-bond donors (Lipinski definition) is 0. The predicted octanol–water partition coefficient (Wildman–Crippen LogP) is 4.42. The van der Waals surface area contributed by atoms with E-state index in [0.29, 0.717) is 34.8 Å². The third-order valence-corrected chi connectivity index (χ3v) is 5.80. The zero-order valence-electron chi connectivity index (χ0n) is 16.9. The zero-order valence-corrected chi connectivity index (χ0v) is 17.6. The number of rotatable bonds is 6. The van der Waals surface area contributed by atoms with Gasteiger partial charge in [-0.3, -0.25) is 4.79 Å². The van der Waals surface area contributed by atoms with Crippen molar-refractivity contribution in [2.75, 3.05) is 20.2 Å². The summed E-state index contributed by atoms with van der Waals surface area (Å²) in [6.07, 6.45) is 2.95. The van der Waals surface area contributed by atoms with Crippen molar-refractivity contribution in [3.05, 3.63) is 65.0 Å². The molecule has 1 amide bonds. The van der Waals surface area contributed by atoms with Crippen molar-refractivity contribution in [3.8, 4) is 17.1 Å². The molecule has 0 N–H and O–H groups in total. The molecule has 0 unspecified atom stereocenters. The van der Waals surface area contributed by atoms with E-state index in [-0.39, 0.29) is 5.91 Å². The zero-order chi connectivity index (χ0) is 20.9. The Hall–Kier alpha value is -2.86. The van der Waals surface area contributed by atoms with Crippen LogP contribution in [0.2, 0.25) is 5.02 Å². The highest BCUT2D eigenvalue weighted by Crippen LogP contribution is 2.26. The monoisotopic (exact) mass is 425 g/mol. The maximum absolute atomic E-state index is 12.7. The molecule has 1 saturated heterocycles. The van der Waals surface area contributed by atoms with Crippen LogP contribution >= 0.6 is 11.6 Å². The van der Waals surface area contributed by atoms with Crippen LogP contribution in [0.15, 0.2) is 53.1 Å². The van der Waals surface area contributed by atoms with Crippen LogP contribution in [-0.2, 0) is 17.6 Å². The van der Waals surface area contributed by atoms with E-state index in [9.17, 15) is 4.79 Å². The molecule has 0 radical (unpaired) electrons. The quantitative estimate of drug-likeness (QED) is 0.584. The number of likely N-dealkylation sites (tertiary alicyclic amines) is 1. The number of ether oxygens (including phenoxy) is 1. The van der Waals surface area contributed by atoms with Crippen molar-refractivity contribution in [3.63, 3.8) is 0 Å². The molecule has 0 bridgehead atoms. The SMILES string of the molecule is COc1ccc(CC(=O)N2CCC(Cc3nc(-c4ccccc4)no3)CC2)cc1Cl. The van der Waals surface area contributed by atoms with Crippen LogP contribution in [0.1, 0.15) is 24.3 Å². The van der Waals surface area contributed by atoms with E-state index in [4.69, 9.17) is 20.9 Å². The second kappa shape index (κ2) is 9.30. The predicted molar refractivity (Wildman–Crippen MR) is 114 cm³/mol. The Labute approximate surface area is 180 Å². The first-order valence-corrected chi connectivity index (χ1v) is 10.5. The van der Waals surface area contributed by atoms with Crippen molar-refractivity contribution in [2.24, 2.45) is 5.92 Å². The van der Waals surface area contributed by atoms with Crippen molar-refractivity contribution >= 4 is 17.5 Å². The fourth-order valence-corrected chi connectivity index (χ4v) is 4.06. The molecule has 4 rings (SSSR count). The molecule has 1 fully saturated rings. The summed E-state index contributed by atoms with van der Waals surface area (Å²) in [6, 6.07) is 15.3. The molecule has 2 aromatic carbocycles. The van der Waals surface area contributed by atoms with Crippen LogP contribution in [0.4, 0.5) is 0 Å². The summed E-state index contributed by atoms with van der Waals surface area (Å²) in [5.74, 6) is 2.46. The lowest BCUT2D eigenvalue weighted by Gasteiger charge is -2.31. The van der Waals surface area contributed by atoms with Gasteiger partial charge in [-0.25, -0.2) is 0 Å². The summed E-state index contributed by atoms with van der Waals surface area (Å²) in [6.45, 7) is 1.49. The van der Waals surface area contributed by atoms with Crippen molar-refractivity contribution < 1.29 is 14.1 Å². The fourth-order valence-electron chi connectivity index (χ4n) is 3.78. The topological polar surface area (TPSA) is 68.5 Å². The Morgan fingerprint density at radius 2 is 1.97 bits per heavy atom. The first kappa shape index (κ1) is 20.4. The van der Waals surface area contributed by atoms with E-state index >= 15 is 0 Å². The third kappa shape index (κ3) is 4.82. The Bertz CT molecular complexity index is 998. The first-order chi connectivity index (χ1) is 14.6. The molecule has 1 aliphatic rings. The Morgan fingerprint density at radius 1 is 1.20 bits per heavy atom. The van der Waals surface area contributed by atoms with Gasteiger partial charge in [0.2, 0.25) is 17.6 Å². The largest absolute Gasteiger partial charge is 0.495 e. The summed E-state index contributed by atoms with van der Waals surface area (Å²) in [5.41, 5.74) is 1.85. The maximum atomic E-state index is 12.7.